The van der Waals surface area contributed by atoms with E-state index in [9.17, 15) is 4.79 Å². The molecular weight excluding hydrogens is 404 g/mol. The normalized spacial score (nSPS) is 22.2. The Bertz CT molecular complexity index is 861. The number of halogens is 1. The van der Waals surface area contributed by atoms with Crippen molar-refractivity contribution in [2.45, 2.75) is 26.2 Å². The number of hydrogen-bond acceptors (Lipinski definition) is 7. The van der Waals surface area contributed by atoms with E-state index in [1.165, 1.54) is 19.4 Å². The van der Waals surface area contributed by atoms with Crippen molar-refractivity contribution in [1.82, 2.24) is 24.9 Å². The van der Waals surface area contributed by atoms with Crippen LogP contribution in [0.15, 0.2) is 22.9 Å². The second-order valence-electron chi connectivity index (χ2n) is 8.54. The fraction of sp³-hybridized carbons (Fsp3) is 0.619. The van der Waals surface area contributed by atoms with Gasteiger partial charge in [0.25, 0.3) is 0 Å². The highest BCUT2D eigenvalue weighted by Gasteiger charge is 2.34. The molecule has 1 aliphatic carbocycles. The smallest absolute Gasteiger partial charge is 0.227 e. The largest absolute Gasteiger partial charge is 0.369 e. The fourth-order valence-corrected chi connectivity index (χ4v) is 4.38. The summed E-state index contributed by atoms with van der Waals surface area (Å²) in [4.78, 5) is 28.5. The summed E-state index contributed by atoms with van der Waals surface area (Å²) in [5.41, 5.74) is 1.74. The van der Waals surface area contributed by atoms with E-state index in [0.717, 1.165) is 57.3 Å². The van der Waals surface area contributed by atoms with E-state index in [4.69, 9.17) is 4.52 Å². The second-order valence-corrected chi connectivity index (χ2v) is 8.54. The van der Waals surface area contributed by atoms with Crippen molar-refractivity contribution >= 4 is 24.0 Å². The zero-order valence-electron chi connectivity index (χ0n) is 17.4. The van der Waals surface area contributed by atoms with Gasteiger partial charge in [-0.3, -0.25) is 14.7 Å². The first-order chi connectivity index (χ1) is 14.2. The molecule has 9 heteroatoms. The number of hydrogen-bond donors (Lipinski definition) is 0. The molecule has 0 N–H and O–H groups in total. The standard InChI is InChI=1S/C21H28N6O2.ClH/c1-15-23-20(24-29-15)19-5-4-18(12-22-19)27-7-6-17(14-27)21(28)26-10-8-25(9-11-26)13-16-2-3-16;/h4-5,12,16-17H,2-3,6-11,13-14H2,1H3;1H/t17-;/m0./s1. The highest BCUT2D eigenvalue weighted by molar-refractivity contribution is 5.85. The van der Waals surface area contributed by atoms with E-state index in [2.05, 4.69) is 29.8 Å². The molecular formula is C21H29ClN6O2. The molecule has 5 rings (SSSR count). The van der Waals surface area contributed by atoms with E-state index in [0.29, 0.717) is 23.3 Å². The van der Waals surface area contributed by atoms with Crippen molar-refractivity contribution in [3.8, 4) is 11.5 Å². The Kier molecular flexibility index (Phi) is 6.24. The van der Waals surface area contributed by atoms with Crippen LogP contribution < -0.4 is 4.90 Å². The third-order valence-corrected chi connectivity index (χ3v) is 6.30. The Labute approximate surface area is 183 Å². The summed E-state index contributed by atoms with van der Waals surface area (Å²) in [6.45, 7) is 8.46. The van der Waals surface area contributed by atoms with Crippen LogP contribution in [-0.2, 0) is 4.79 Å². The van der Waals surface area contributed by atoms with E-state index in [1.54, 1.807) is 6.92 Å². The van der Waals surface area contributed by atoms with Gasteiger partial charge in [-0.25, -0.2) is 0 Å². The summed E-state index contributed by atoms with van der Waals surface area (Å²) in [5.74, 6) is 2.36. The van der Waals surface area contributed by atoms with Gasteiger partial charge in [0.15, 0.2) is 0 Å². The van der Waals surface area contributed by atoms with Crippen LogP contribution in [0, 0.1) is 18.8 Å². The highest BCUT2D eigenvalue weighted by Crippen LogP contribution is 2.30. The number of aryl methyl sites for hydroxylation is 1. The van der Waals surface area contributed by atoms with Crippen molar-refractivity contribution in [2.75, 3.05) is 50.7 Å². The van der Waals surface area contributed by atoms with Crippen molar-refractivity contribution < 1.29 is 9.32 Å². The van der Waals surface area contributed by atoms with Gasteiger partial charge < -0.3 is 14.3 Å². The minimum Gasteiger partial charge on any atom is -0.369 e. The Hall–Kier alpha value is -2.19. The number of anilines is 1. The van der Waals surface area contributed by atoms with Gasteiger partial charge in [0, 0.05) is 52.7 Å². The third-order valence-electron chi connectivity index (χ3n) is 6.30. The Morgan fingerprint density at radius 2 is 1.93 bits per heavy atom. The molecule has 2 aromatic heterocycles. The molecule has 2 aromatic rings. The van der Waals surface area contributed by atoms with Crippen molar-refractivity contribution in [1.29, 1.82) is 0 Å². The summed E-state index contributed by atoms with van der Waals surface area (Å²) in [5, 5.41) is 3.91. The molecule has 0 unspecified atom stereocenters. The zero-order chi connectivity index (χ0) is 19.8. The third kappa shape index (κ3) is 4.59. The lowest BCUT2D eigenvalue weighted by atomic mass is 10.1. The average Bonchev–Trinajstić information content (AvgIpc) is 3.24. The number of rotatable bonds is 5. The van der Waals surface area contributed by atoms with Crippen LogP contribution in [-0.4, -0.2) is 76.6 Å². The lowest BCUT2D eigenvalue weighted by Crippen LogP contribution is -2.51. The average molecular weight is 433 g/mol. The van der Waals surface area contributed by atoms with Gasteiger partial charge in [-0.1, -0.05) is 5.16 Å². The molecule has 4 heterocycles. The lowest BCUT2D eigenvalue weighted by Gasteiger charge is -2.36. The highest BCUT2D eigenvalue weighted by atomic mass is 35.5. The van der Waals surface area contributed by atoms with Crippen LogP contribution in [0.5, 0.6) is 0 Å². The predicted octanol–water partition coefficient (Wildman–Crippen LogP) is 2.24. The first-order valence-corrected chi connectivity index (χ1v) is 10.7. The Morgan fingerprint density at radius 3 is 2.57 bits per heavy atom. The molecule has 8 nitrogen and oxygen atoms in total. The molecule has 3 aliphatic rings. The zero-order valence-corrected chi connectivity index (χ0v) is 18.2. The quantitative estimate of drug-likeness (QED) is 0.716. The number of carbonyl (C=O) groups is 1. The van der Waals surface area contributed by atoms with Crippen LogP contribution in [0.1, 0.15) is 25.2 Å². The minimum atomic E-state index is 0. The van der Waals surface area contributed by atoms with Gasteiger partial charge in [-0.15, -0.1) is 12.4 Å². The summed E-state index contributed by atoms with van der Waals surface area (Å²) < 4.78 is 5.02. The summed E-state index contributed by atoms with van der Waals surface area (Å²) in [7, 11) is 0. The molecule has 1 saturated carbocycles. The van der Waals surface area contributed by atoms with Crippen LogP contribution >= 0.6 is 12.4 Å². The van der Waals surface area contributed by atoms with Crippen molar-refractivity contribution in [3.05, 3.63) is 24.2 Å². The first kappa shape index (κ1) is 21.1. The molecule has 3 fully saturated rings. The molecule has 2 aliphatic heterocycles. The molecule has 162 valence electrons. The van der Waals surface area contributed by atoms with Gasteiger partial charge >= 0.3 is 0 Å². The van der Waals surface area contributed by atoms with Crippen molar-refractivity contribution in [3.63, 3.8) is 0 Å². The molecule has 1 amide bonds. The molecule has 1 atom stereocenters. The van der Waals surface area contributed by atoms with Gasteiger partial charge in [-0.05, 0) is 37.3 Å². The van der Waals surface area contributed by atoms with Gasteiger partial charge in [-0.2, -0.15) is 4.98 Å². The lowest BCUT2D eigenvalue weighted by molar-refractivity contribution is -0.136. The number of amides is 1. The summed E-state index contributed by atoms with van der Waals surface area (Å²) >= 11 is 0. The van der Waals surface area contributed by atoms with E-state index in [1.807, 2.05) is 18.3 Å². The van der Waals surface area contributed by atoms with E-state index >= 15 is 0 Å². The molecule has 0 aromatic carbocycles. The monoisotopic (exact) mass is 432 g/mol. The minimum absolute atomic E-state index is 0. The SMILES string of the molecule is Cc1nc(-c2ccc(N3CC[C@H](C(=O)N4CCN(CC5CC5)CC4)C3)cn2)no1.Cl. The Balaban J connectivity index is 0.00000218. The van der Waals surface area contributed by atoms with Gasteiger partial charge in [0.05, 0.1) is 17.8 Å². The molecule has 0 bridgehead atoms. The van der Waals surface area contributed by atoms with Crippen molar-refractivity contribution in [2.24, 2.45) is 11.8 Å². The topological polar surface area (TPSA) is 78.6 Å². The van der Waals surface area contributed by atoms with Crippen LogP contribution in [0.2, 0.25) is 0 Å². The molecule has 0 radical (unpaired) electrons. The van der Waals surface area contributed by atoms with E-state index < -0.39 is 0 Å². The number of nitrogens with zero attached hydrogens (tertiary/aromatic N) is 6. The van der Waals surface area contributed by atoms with Crippen LogP contribution in [0.4, 0.5) is 5.69 Å². The second kappa shape index (κ2) is 8.89. The summed E-state index contributed by atoms with van der Waals surface area (Å²) in [6.07, 6.45) is 5.53. The van der Waals surface area contributed by atoms with Crippen LogP contribution in [0.25, 0.3) is 11.5 Å². The van der Waals surface area contributed by atoms with Crippen LogP contribution in [0.3, 0.4) is 0 Å². The Morgan fingerprint density at radius 1 is 1.13 bits per heavy atom. The molecule has 30 heavy (non-hydrogen) atoms. The van der Waals surface area contributed by atoms with Gasteiger partial charge in [0.1, 0.15) is 5.69 Å². The fourth-order valence-electron chi connectivity index (χ4n) is 4.38. The first-order valence-electron chi connectivity index (χ1n) is 10.7. The number of pyridine rings is 1. The predicted molar refractivity (Wildman–Crippen MR) is 116 cm³/mol. The number of aromatic nitrogens is 3. The number of piperazine rings is 1. The summed E-state index contributed by atoms with van der Waals surface area (Å²) in [6, 6.07) is 3.94. The molecule has 0 spiro atoms. The molecule has 2 saturated heterocycles. The number of carbonyl (C=O) groups excluding carboxylic acids is 1. The van der Waals surface area contributed by atoms with Gasteiger partial charge in [0.2, 0.25) is 17.6 Å². The maximum Gasteiger partial charge on any atom is 0.227 e. The maximum absolute atomic E-state index is 13.0. The van der Waals surface area contributed by atoms with E-state index in [-0.39, 0.29) is 18.3 Å². The maximum atomic E-state index is 13.0.